The fraction of sp³-hybridized carbons (Fsp3) is 0.130. The Kier molecular flexibility index (Phi) is 7.70. The van der Waals surface area contributed by atoms with Crippen molar-refractivity contribution in [1.29, 1.82) is 0 Å². The minimum absolute atomic E-state index is 0.0385. The molecule has 0 unspecified atom stereocenters. The molecule has 0 heterocycles. The van der Waals surface area contributed by atoms with Crippen molar-refractivity contribution in [2.24, 2.45) is 0 Å². The number of sulfonamides is 1. The van der Waals surface area contributed by atoms with E-state index in [1.165, 1.54) is 32.4 Å². The van der Waals surface area contributed by atoms with E-state index in [9.17, 15) is 18.0 Å². The molecule has 8 nitrogen and oxygen atoms in total. The van der Waals surface area contributed by atoms with Gasteiger partial charge in [0, 0.05) is 35.4 Å². The second kappa shape index (κ2) is 10.5. The molecule has 0 aliphatic rings. The van der Waals surface area contributed by atoms with E-state index in [4.69, 9.17) is 16.3 Å². The first kappa shape index (κ1) is 24.2. The van der Waals surface area contributed by atoms with Crippen molar-refractivity contribution in [1.82, 2.24) is 10.0 Å². The highest BCUT2D eigenvalue weighted by molar-refractivity contribution is 7.89. The van der Waals surface area contributed by atoms with E-state index in [0.29, 0.717) is 16.3 Å². The smallest absolute Gasteiger partial charge is 0.255 e. The van der Waals surface area contributed by atoms with Crippen molar-refractivity contribution >= 4 is 39.1 Å². The van der Waals surface area contributed by atoms with E-state index >= 15 is 0 Å². The van der Waals surface area contributed by atoms with E-state index < -0.39 is 15.9 Å². The zero-order valence-electron chi connectivity index (χ0n) is 17.9. The van der Waals surface area contributed by atoms with Gasteiger partial charge in [-0.3, -0.25) is 9.59 Å². The number of carbonyl (C=O) groups is 2. The molecule has 172 valence electrons. The van der Waals surface area contributed by atoms with Crippen molar-refractivity contribution in [3.63, 3.8) is 0 Å². The first-order valence-corrected chi connectivity index (χ1v) is 11.7. The van der Waals surface area contributed by atoms with Crippen molar-refractivity contribution in [3.05, 3.63) is 88.4 Å². The summed E-state index contributed by atoms with van der Waals surface area (Å²) < 4.78 is 33.6. The summed E-state index contributed by atoms with van der Waals surface area (Å²) in [6.07, 6.45) is 0. The van der Waals surface area contributed by atoms with Crippen LogP contribution in [0.15, 0.2) is 71.6 Å². The molecule has 0 radical (unpaired) electrons. The van der Waals surface area contributed by atoms with Crippen LogP contribution in [0.5, 0.6) is 5.75 Å². The van der Waals surface area contributed by atoms with Crippen LogP contribution in [0, 0.1) is 0 Å². The Labute approximate surface area is 197 Å². The summed E-state index contributed by atoms with van der Waals surface area (Å²) in [5.41, 5.74) is 1.74. The van der Waals surface area contributed by atoms with Crippen molar-refractivity contribution in [2.75, 3.05) is 19.5 Å². The molecule has 0 fully saturated rings. The third-order valence-electron chi connectivity index (χ3n) is 4.73. The van der Waals surface area contributed by atoms with Crippen molar-refractivity contribution in [3.8, 4) is 5.75 Å². The molecule has 10 heteroatoms. The maximum absolute atomic E-state index is 12.9. The largest absolute Gasteiger partial charge is 0.495 e. The van der Waals surface area contributed by atoms with Crippen LogP contribution >= 0.6 is 11.6 Å². The molecule has 3 aromatic carbocycles. The monoisotopic (exact) mass is 487 g/mol. The van der Waals surface area contributed by atoms with Gasteiger partial charge in [0.05, 0.1) is 7.11 Å². The molecule has 0 spiro atoms. The van der Waals surface area contributed by atoms with Gasteiger partial charge in [0.2, 0.25) is 10.0 Å². The minimum Gasteiger partial charge on any atom is -0.495 e. The van der Waals surface area contributed by atoms with Gasteiger partial charge in [-0.2, -0.15) is 0 Å². The second-order valence-electron chi connectivity index (χ2n) is 6.93. The van der Waals surface area contributed by atoms with Crippen LogP contribution in [0.1, 0.15) is 26.3 Å². The molecule has 3 aromatic rings. The Bertz CT molecular complexity index is 1260. The quantitative estimate of drug-likeness (QED) is 0.450. The van der Waals surface area contributed by atoms with Gasteiger partial charge in [-0.15, -0.1) is 0 Å². The molecule has 33 heavy (non-hydrogen) atoms. The van der Waals surface area contributed by atoms with E-state index in [1.807, 2.05) is 0 Å². The molecule has 3 N–H and O–H groups in total. The van der Waals surface area contributed by atoms with Gasteiger partial charge in [-0.25, -0.2) is 13.1 Å². The molecule has 2 amide bonds. The van der Waals surface area contributed by atoms with E-state index in [1.54, 1.807) is 48.5 Å². The predicted molar refractivity (Wildman–Crippen MR) is 126 cm³/mol. The summed E-state index contributed by atoms with van der Waals surface area (Å²) >= 11 is 5.86. The molecule has 3 rings (SSSR count). The Balaban J connectivity index is 1.79. The van der Waals surface area contributed by atoms with Gasteiger partial charge in [0.25, 0.3) is 11.8 Å². The molecule has 0 aromatic heterocycles. The number of halogens is 1. The van der Waals surface area contributed by atoms with E-state index in [-0.39, 0.29) is 28.7 Å². The number of benzene rings is 3. The lowest BCUT2D eigenvalue weighted by Crippen LogP contribution is -2.24. The fourth-order valence-corrected chi connectivity index (χ4v) is 4.28. The Morgan fingerprint density at radius 1 is 0.909 bits per heavy atom. The van der Waals surface area contributed by atoms with E-state index in [0.717, 1.165) is 5.56 Å². The lowest BCUT2D eigenvalue weighted by Gasteiger charge is -2.13. The second-order valence-corrected chi connectivity index (χ2v) is 9.10. The number of anilines is 1. The van der Waals surface area contributed by atoms with Gasteiger partial charge in [-0.05, 0) is 60.2 Å². The Morgan fingerprint density at radius 2 is 1.55 bits per heavy atom. The molecule has 0 bridgehead atoms. The summed E-state index contributed by atoms with van der Waals surface area (Å²) in [7, 11) is -1.12. The highest BCUT2D eigenvalue weighted by Crippen LogP contribution is 2.26. The highest BCUT2D eigenvalue weighted by Gasteiger charge is 2.22. The summed E-state index contributed by atoms with van der Waals surface area (Å²) in [5.74, 6) is -0.659. The number of rotatable bonds is 8. The van der Waals surface area contributed by atoms with Gasteiger partial charge >= 0.3 is 0 Å². The molecular weight excluding hydrogens is 466 g/mol. The Hall–Kier alpha value is -3.40. The summed E-state index contributed by atoms with van der Waals surface area (Å²) in [6.45, 7) is 0.0385. The summed E-state index contributed by atoms with van der Waals surface area (Å²) in [6, 6.07) is 17.2. The van der Waals surface area contributed by atoms with Gasteiger partial charge < -0.3 is 15.4 Å². The highest BCUT2D eigenvalue weighted by atomic mass is 35.5. The zero-order valence-corrected chi connectivity index (χ0v) is 19.5. The van der Waals surface area contributed by atoms with Gasteiger partial charge in [0.15, 0.2) is 0 Å². The molecular formula is C23H22ClN3O5S. The topological polar surface area (TPSA) is 114 Å². The van der Waals surface area contributed by atoms with Crippen LogP contribution in [0.3, 0.4) is 0 Å². The third-order valence-corrected chi connectivity index (χ3v) is 6.40. The average Bonchev–Trinajstić information content (AvgIpc) is 2.83. The lowest BCUT2D eigenvalue weighted by molar-refractivity contribution is 0.0962. The van der Waals surface area contributed by atoms with Crippen LogP contribution < -0.4 is 20.1 Å². The number of nitrogens with one attached hydrogen (secondary N) is 3. The van der Waals surface area contributed by atoms with Gasteiger partial charge in [0.1, 0.15) is 10.6 Å². The predicted octanol–water partition coefficient (Wildman–Crippen LogP) is 3.44. The van der Waals surface area contributed by atoms with Crippen LogP contribution in [-0.4, -0.2) is 34.4 Å². The number of amides is 2. The number of hydrogen-bond acceptors (Lipinski definition) is 5. The van der Waals surface area contributed by atoms with Crippen LogP contribution in [0.2, 0.25) is 5.02 Å². The molecule has 0 saturated carbocycles. The average molecular weight is 488 g/mol. The third kappa shape index (κ3) is 6.10. The first-order chi connectivity index (χ1) is 15.7. The molecule has 0 atom stereocenters. The normalized spacial score (nSPS) is 11.0. The molecule has 0 saturated heterocycles. The maximum atomic E-state index is 12.9. The lowest BCUT2D eigenvalue weighted by atomic mass is 10.1. The van der Waals surface area contributed by atoms with E-state index in [2.05, 4.69) is 15.4 Å². The summed E-state index contributed by atoms with van der Waals surface area (Å²) in [4.78, 5) is 24.2. The fourth-order valence-electron chi connectivity index (χ4n) is 2.94. The van der Waals surface area contributed by atoms with Gasteiger partial charge in [-0.1, -0.05) is 23.7 Å². The first-order valence-electron chi connectivity index (χ1n) is 9.79. The van der Waals surface area contributed by atoms with Crippen molar-refractivity contribution < 1.29 is 22.7 Å². The minimum atomic E-state index is -3.99. The summed E-state index contributed by atoms with van der Waals surface area (Å²) in [5, 5.41) is 5.74. The number of methoxy groups -OCH3 is 1. The van der Waals surface area contributed by atoms with Crippen LogP contribution in [0.4, 0.5) is 5.69 Å². The molecule has 0 aliphatic heterocycles. The Morgan fingerprint density at radius 3 is 2.15 bits per heavy atom. The van der Waals surface area contributed by atoms with Crippen LogP contribution in [-0.2, 0) is 16.6 Å². The van der Waals surface area contributed by atoms with Crippen molar-refractivity contribution in [2.45, 2.75) is 11.4 Å². The molecule has 0 aliphatic carbocycles. The number of ether oxygens (including phenoxy) is 1. The number of carbonyl (C=O) groups excluding carboxylic acids is 2. The SMILES string of the molecule is CNC(=O)c1ccc(NC(=O)c2ccc(OC)c(S(=O)(=O)NCc3ccc(Cl)cc3)c2)cc1. The maximum Gasteiger partial charge on any atom is 0.255 e. The standard InChI is InChI=1S/C23H22ClN3O5S/c1-25-22(28)16-5-10-19(11-6-16)27-23(29)17-7-12-20(32-2)21(13-17)33(30,31)26-14-15-3-8-18(24)9-4-15/h3-13,26H,14H2,1-2H3,(H,25,28)(H,27,29). The number of hydrogen-bond donors (Lipinski definition) is 3. The van der Waals surface area contributed by atoms with Crippen LogP contribution in [0.25, 0.3) is 0 Å². The zero-order chi connectivity index (χ0) is 24.0.